The van der Waals surface area contributed by atoms with Crippen LogP contribution in [0.5, 0.6) is 0 Å². The summed E-state index contributed by atoms with van der Waals surface area (Å²) in [7, 11) is -3.75. The number of carbonyl (C=O) groups is 1. The van der Waals surface area contributed by atoms with E-state index in [1.54, 1.807) is 6.08 Å². The SMILES string of the molecule is C=CCNC(=S)NNS(=O)(=O)c1ccc(NC(C)=O)cc1. The number of anilines is 1. The lowest BCUT2D eigenvalue weighted by Gasteiger charge is -2.11. The van der Waals surface area contributed by atoms with Crippen LogP contribution in [0.3, 0.4) is 0 Å². The van der Waals surface area contributed by atoms with Gasteiger partial charge in [-0.15, -0.1) is 11.4 Å². The smallest absolute Gasteiger partial charge is 0.257 e. The minimum atomic E-state index is -3.75. The van der Waals surface area contributed by atoms with E-state index >= 15 is 0 Å². The van der Waals surface area contributed by atoms with E-state index in [9.17, 15) is 13.2 Å². The lowest BCUT2D eigenvalue weighted by Crippen LogP contribution is -2.46. The first-order chi connectivity index (χ1) is 9.85. The van der Waals surface area contributed by atoms with Crippen LogP contribution in [0, 0.1) is 0 Å². The highest BCUT2D eigenvalue weighted by Gasteiger charge is 2.13. The Balaban J connectivity index is 2.67. The fourth-order valence-electron chi connectivity index (χ4n) is 1.30. The highest BCUT2D eigenvalue weighted by Crippen LogP contribution is 2.13. The van der Waals surface area contributed by atoms with Crippen molar-refractivity contribution in [2.24, 2.45) is 0 Å². The molecular formula is C12H16N4O3S2. The molecule has 1 aromatic carbocycles. The van der Waals surface area contributed by atoms with Gasteiger partial charge in [-0.1, -0.05) is 6.08 Å². The van der Waals surface area contributed by atoms with Gasteiger partial charge in [0.15, 0.2) is 5.11 Å². The number of hydrogen-bond acceptors (Lipinski definition) is 4. The van der Waals surface area contributed by atoms with Crippen molar-refractivity contribution >= 4 is 38.9 Å². The van der Waals surface area contributed by atoms with Crippen LogP contribution in [0.25, 0.3) is 0 Å². The van der Waals surface area contributed by atoms with Gasteiger partial charge in [0.05, 0.1) is 4.90 Å². The number of sulfonamides is 1. The summed E-state index contributed by atoms with van der Waals surface area (Å²) in [6.45, 7) is 5.28. The summed E-state index contributed by atoms with van der Waals surface area (Å²) in [6, 6.07) is 5.72. The second-order valence-electron chi connectivity index (χ2n) is 3.93. The van der Waals surface area contributed by atoms with Crippen LogP contribution in [-0.4, -0.2) is 26.0 Å². The molecular weight excluding hydrogens is 312 g/mol. The number of hydrogen-bond donors (Lipinski definition) is 4. The van der Waals surface area contributed by atoms with Gasteiger partial charge < -0.3 is 10.6 Å². The molecule has 0 saturated heterocycles. The standard InChI is InChI=1S/C12H16N4O3S2/c1-3-8-13-12(20)15-16-21(18,19)11-6-4-10(5-7-11)14-9(2)17/h3-7,16H,1,8H2,2H3,(H,14,17)(H2,13,15,20). The Kier molecular flexibility index (Phi) is 6.28. The first-order valence-electron chi connectivity index (χ1n) is 5.89. The summed E-state index contributed by atoms with van der Waals surface area (Å²) in [5.41, 5.74) is 2.88. The molecule has 1 rings (SSSR count). The Labute approximate surface area is 128 Å². The van der Waals surface area contributed by atoms with E-state index < -0.39 is 10.0 Å². The average molecular weight is 328 g/mol. The zero-order valence-electron chi connectivity index (χ0n) is 11.3. The first-order valence-corrected chi connectivity index (χ1v) is 7.78. The van der Waals surface area contributed by atoms with Crippen molar-refractivity contribution in [2.45, 2.75) is 11.8 Å². The van der Waals surface area contributed by atoms with Gasteiger partial charge in [-0.25, -0.2) is 8.42 Å². The minimum absolute atomic E-state index is 0.0376. The van der Waals surface area contributed by atoms with E-state index in [2.05, 4.69) is 27.5 Å². The Morgan fingerprint density at radius 2 is 1.95 bits per heavy atom. The molecule has 0 radical (unpaired) electrons. The molecule has 0 saturated carbocycles. The summed E-state index contributed by atoms with van der Waals surface area (Å²) in [5.74, 6) is -0.232. The molecule has 21 heavy (non-hydrogen) atoms. The number of nitrogens with one attached hydrogen (secondary N) is 4. The van der Waals surface area contributed by atoms with E-state index in [1.165, 1.54) is 31.2 Å². The largest absolute Gasteiger partial charge is 0.358 e. The summed E-state index contributed by atoms with van der Waals surface area (Å²) < 4.78 is 24.0. The Hall–Kier alpha value is -1.97. The molecule has 0 bridgehead atoms. The number of carbonyl (C=O) groups excluding carboxylic acids is 1. The number of rotatable bonds is 6. The second kappa shape index (κ2) is 7.72. The van der Waals surface area contributed by atoms with Crippen molar-refractivity contribution in [2.75, 3.05) is 11.9 Å². The average Bonchev–Trinajstić information content (AvgIpc) is 2.43. The highest BCUT2D eigenvalue weighted by molar-refractivity contribution is 7.89. The summed E-state index contributed by atoms with van der Waals surface area (Å²) in [4.78, 5) is 13.1. The lowest BCUT2D eigenvalue weighted by molar-refractivity contribution is -0.114. The zero-order valence-corrected chi connectivity index (χ0v) is 13.0. The maximum Gasteiger partial charge on any atom is 0.257 e. The van der Waals surface area contributed by atoms with E-state index in [0.29, 0.717) is 12.2 Å². The summed E-state index contributed by atoms with van der Waals surface area (Å²) in [5, 5.41) is 5.39. The van der Waals surface area contributed by atoms with Gasteiger partial charge in [0.2, 0.25) is 5.91 Å². The first kappa shape index (κ1) is 17.1. The number of benzene rings is 1. The molecule has 0 unspecified atom stereocenters. The molecule has 0 heterocycles. The molecule has 4 N–H and O–H groups in total. The molecule has 7 nitrogen and oxygen atoms in total. The number of hydrazine groups is 1. The van der Waals surface area contributed by atoms with Crippen LogP contribution in [-0.2, 0) is 14.8 Å². The molecule has 0 atom stereocenters. The van der Waals surface area contributed by atoms with Gasteiger partial charge in [-0.2, -0.15) is 0 Å². The molecule has 9 heteroatoms. The van der Waals surface area contributed by atoms with Gasteiger partial charge in [0.25, 0.3) is 10.0 Å². The molecule has 114 valence electrons. The molecule has 0 aromatic heterocycles. The van der Waals surface area contributed by atoms with Crippen LogP contribution in [0.15, 0.2) is 41.8 Å². The summed E-state index contributed by atoms with van der Waals surface area (Å²) in [6.07, 6.45) is 1.59. The van der Waals surface area contributed by atoms with E-state index in [0.717, 1.165) is 0 Å². The maximum atomic E-state index is 12.0. The van der Waals surface area contributed by atoms with E-state index in [-0.39, 0.29) is 15.9 Å². The van der Waals surface area contributed by atoms with E-state index in [4.69, 9.17) is 12.2 Å². The van der Waals surface area contributed by atoms with Crippen molar-refractivity contribution in [3.8, 4) is 0 Å². The van der Waals surface area contributed by atoms with Gasteiger partial charge in [0, 0.05) is 19.2 Å². The maximum absolute atomic E-state index is 12.0. The highest BCUT2D eigenvalue weighted by atomic mass is 32.2. The van der Waals surface area contributed by atoms with Gasteiger partial charge >= 0.3 is 0 Å². The molecule has 1 aromatic rings. The van der Waals surface area contributed by atoms with Crippen molar-refractivity contribution in [3.05, 3.63) is 36.9 Å². The van der Waals surface area contributed by atoms with Crippen molar-refractivity contribution < 1.29 is 13.2 Å². The number of amides is 1. The van der Waals surface area contributed by atoms with Crippen LogP contribution in [0.4, 0.5) is 5.69 Å². The third kappa shape index (κ3) is 5.90. The summed E-state index contributed by atoms with van der Waals surface area (Å²) >= 11 is 4.86. The zero-order chi connectivity index (χ0) is 15.9. The number of thiocarbonyl (C=S) groups is 1. The fraction of sp³-hybridized carbons (Fsp3) is 0.167. The Morgan fingerprint density at radius 1 is 1.33 bits per heavy atom. The molecule has 0 aliphatic heterocycles. The van der Waals surface area contributed by atoms with Gasteiger partial charge in [0.1, 0.15) is 0 Å². The van der Waals surface area contributed by atoms with Gasteiger partial charge in [-0.05, 0) is 36.5 Å². The Bertz CT molecular complexity index is 626. The molecule has 0 aliphatic carbocycles. The van der Waals surface area contributed by atoms with Crippen molar-refractivity contribution in [1.82, 2.24) is 15.6 Å². The predicted octanol–water partition coefficient (Wildman–Crippen LogP) is 0.488. The third-order valence-corrected chi connectivity index (χ3v) is 3.70. The monoisotopic (exact) mass is 328 g/mol. The predicted molar refractivity (Wildman–Crippen MR) is 85.0 cm³/mol. The fourth-order valence-corrected chi connectivity index (χ4v) is 2.35. The van der Waals surface area contributed by atoms with E-state index in [1.807, 2.05) is 0 Å². The van der Waals surface area contributed by atoms with Crippen LogP contribution in [0.2, 0.25) is 0 Å². The molecule has 0 spiro atoms. The second-order valence-corrected chi connectivity index (χ2v) is 6.03. The lowest BCUT2D eigenvalue weighted by atomic mass is 10.3. The quantitative estimate of drug-likeness (QED) is 0.345. The third-order valence-electron chi connectivity index (χ3n) is 2.19. The normalized spacial score (nSPS) is 10.5. The Morgan fingerprint density at radius 3 is 2.48 bits per heavy atom. The minimum Gasteiger partial charge on any atom is -0.358 e. The molecule has 0 fully saturated rings. The van der Waals surface area contributed by atoms with Crippen molar-refractivity contribution in [3.63, 3.8) is 0 Å². The van der Waals surface area contributed by atoms with Crippen molar-refractivity contribution in [1.29, 1.82) is 0 Å². The molecule has 1 amide bonds. The topological polar surface area (TPSA) is 99.3 Å². The van der Waals surface area contributed by atoms with Crippen LogP contribution >= 0.6 is 12.2 Å². The van der Waals surface area contributed by atoms with Crippen LogP contribution in [0.1, 0.15) is 6.92 Å². The molecule has 0 aliphatic rings. The van der Waals surface area contributed by atoms with Gasteiger partial charge in [-0.3, -0.25) is 10.2 Å². The van der Waals surface area contributed by atoms with Crippen LogP contribution < -0.4 is 20.9 Å².